The Bertz CT molecular complexity index is 950. The smallest absolute Gasteiger partial charge is 0.0366 e. The number of hydrogen-bond donors (Lipinski definition) is 0. The van der Waals surface area contributed by atoms with E-state index in [9.17, 15) is 0 Å². The zero-order chi connectivity index (χ0) is 24.8. The summed E-state index contributed by atoms with van der Waals surface area (Å²) in [7, 11) is 0. The Hall–Kier alpha value is -2.02. The molecule has 2 aromatic rings. The molecule has 0 amide bonds. The zero-order valence-electron chi connectivity index (χ0n) is 23.0. The van der Waals surface area contributed by atoms with Crippen LogP contribution < -0.4 is 0 Å². The summed E-state index contributed by atoms with van der Waals surface area (Å²) in [5.41, 5.74) is 7.71. The molecule has 35 heavy (non-hydrogen) atoms. The van der Waals surface area contributed by atoms with Crippen molar-refractivity contribution < 1.29 is 0 Å². The molecule has 1 aliphatic carbocycles. The van der Waals surface area contributed by atoms with Gasteiger partial charge in [0.25, 0.3) is 0 Å². The first-order valence-corrected chi connectivity index (χ1v) is 14.6. The fraction of sp³-hybridized carbons (Fsp3) is 0.588. The maximum Gasteiger partial charge on any atom is 0.0366 e. The molecular weight excluding hydrogens is 422 g/mol. The molecule has 4 rings (SSSR count). The van der Waals surface area contributed by atoms with Gasteiger partial charge < -0.3 is 4.90 Å². The molecule has 1 saturated heterocycles. The van der Waals surface area contributed by atoms with Crippen molar-refractivity contribution in [2.45, 2.75) is 97.8 Å². The van der Waals surface area contributed by atoms with Gasteiger partial charge in [-0.05, 0) is 96.4 Å². The topological polar surface area (TPSA) is 3.24 Å². The van der Waals surface area contributed by atoms with Crippen molar-refractivity contribution in [2.24, 2.45) is 17.3 Å². The number of nitrogens with zero attached hydrogens (tertiary/aromatic N) is 1. The fourth-order valence-corrected chi connectivity index (χ4v) is 7.09. The minimum atomic E-state index is 0.518. The summed E-state index contributed by atoms with van der Waals surface area (Å²) in [6.45, 7) is 16.3. The first-order chi connectivity index (χ1) is 17.0. The molecular formula is C34H49N. The molecule has 2 fully saturated rings. The predicted octanol–water partition coefficient (Wildman–Crippen LogP) is 9.27. The fourth-order valence-electron chi connectivity index (χ4n) is 7.09. The highest BCUT2D eigenvalue weighted by Gasteiger charge is 2.42. The largest absolute Gasteiger partial charge is 0.371 e. The number of piperidine rings is 1. The van der Waals surface area contributed by atoms with Crippen molar-refractivity contribution in [3.05, 3.63) is 77.4 Å². The van der Waals surface area contributed by atoms with Gasteiger partial charge in [-0.25, -0.2) is 0 Å². The van der Waals surface area contributed by atoms with Gasteiger partial charge in [0.15, 0.2) is 0 Å². The molecule has 1 heteroatoms. The van der Waals surface area contributed by atoms with Crippen molar-refractivity contribution in [2.75, 3.05) is 13.1 Å². The molecule has 1 aliphatic heterocycles. The van der Waals surface area contributed by atoms with Crippen LogP contribution in [0, 0.1) is 17.3 Å². The van der Waals surface area contributed by atoms with Crippen molar-refractivity contribution in [3.63, 3.8) is 0 Å². The van der Waals surface area contributed by atoms with Crippen LogP contribution >= 0.6 is 0 Å². The number of benzene rings is 2. The molecule has 0 N–H and O–H groups in total. The molecule has 0 radical (unpaired) electrons. The molecule has 3 atom stereocenters. The summed E-state index contributed by atoms with van der Waals surface area (Å²) >= 11 is 0. The zero-order valence-corrected chi connectivity index (χ0v) is 23.0. The third-order valence-corrected chi connectivity index (χ3v) is 9.38. The second kappa shape index (κ2) is 11.8. The Morgan fingerprint density at radius 1 is 1.00 bits per heavy atom. The van der Waals surface area contributed by atoms with E-state index in [2.05, 4.69) is 87.7 Å². The predicted molar refractivity (Wildman–Crippen MR) is 153 cm³/mol. The van der Waals surface area contributed by atoms with E-state index in [0.29, 0.717) is 5.41 Å². The average molecular weight is 472 g/mol. The maximum atomic E-state index is 4.60. The van der Waals surface area contributed by atoms with Gasteiger partial charge in [-0.15, -0.1) is 0 Å². The highest BCUT2D eigenvalue weighted by molar-refractivity contribution is 5.63. The summed E-state index contributed by atoms with van der Waals surface area (Å²) < 4.78 is 0. The van der Waals surface area contributed by atoms with E-state index in [0.717, 1.165) is 37.3 Å². The van der Waals surface area contributed by atoms with Crippen LogP contribution in [0.5, 0.6) is 0 Å². The molecule has 0 bridgehead atoms. The second-order valence-corrected chi connectivity index (χ2v) is 11.9. The van der Waals surface area contributed by atoms with Crippen molar-refractivity contribution in [1.29, 1.82) is 0 Å². The Morgan fingerprint density at radius 3 is 2.40 bits per heavy atom. The van der Waals surface area contributed by atoms with Gasteiger partial charge in [0.2, 0.25) is 0 Å². The lowest BCUT2D eigenvalue weighted by atomic mass is 9.59. The van der Waals surface area contributed by atoms with Crippen molar-refractivity contribution in [1.82, 2.24) is 4.90 Å². The molecule has 1 saturated carbocycles. The SMILES string of the molecule is C=C(c1ccc(C[C@@H](C)CC)c(CC)c1)N1CCC2(CC1)CC(CCC)CC(c1ccccc1)C2. The molecule has 2 aromatic carbocycles. The molecule has 1 spiro atoms. The van der Waals surface area contributed by atoms with Gasteiger partial charge in [-0.3, -0.25) is 0 Å². The van der Waals surface area contributed by atoms with Crippen LogP contribution in [0.2, 0.25) is 0 Å². The Kier molecular flexibility index (Phi) is 8.79. The van der Waals surface area contributed by atoms with Gasteiger partial charge in [-0.2, -0.15) is 0 Å². The molecule has 1 nitrogen and oxygen atoms in total. The number of hydrogen-bond acceptors (Lipinski definition) is 1. The lowest BCUT2D eigenvalue weighted by Gasteiger charge is -2.50. The van der Waals surface area contributed by atoms with E-state index in [4.69, 9.17) is 0 Å². The van der Waals surface area contributed by atoms with Gasteiger partial charge in [0.05, 0.1) is 0 Å². The lowest BCUT2D eigenvalue weighted by molar-refractivity contribution is 0.0510. The number of rotatable bonds is 9. The summed E-state index contributed by atoms with van der Waals surface area (Å²) in [5.74, 6) is 2.37. The van der Waals surface area contributed by atoms with Crippen LogP contribution in [-0.4, -0.2) is 18.0 Å². The molecule has 2 unspecified atom stereocenters. The monoisotopic (exact) mass is 471 g/mol. The van der Waals surface area contributed by atoms with E-state index in [1.54, 1.807) is 5.56 Å². The average Bonchev–Trinajstić information content (AvgIpc) is 2.89. The van der Waals surface area contributed by atoms with Gasteiger partial charge in [0.1, 0.15) is 0 Å². The minimum absolute atomic E-state index is 0.518. The first kappa shape index (κ1) is 26.1. The highest BCUT2D eigenvalue weighted by atomic mass is 15.1. The summed E-state index contributed by atoms with van der Waals surface area (Å²) in [6, 6.07) is 18.5. The van der Waals surface area contributed by atoms with Gasteiger partial charge in [0, 0.05) is 18.8 Å². The normalized spacial score (nSPS) is 22.8. The molecule has 1 heterocycles. The van der Waals surface area contributed by atoms with E-state index < -0.39 is 0 Å². The van der Waals surface area contributed by atoms with Crippen LogP contribution in [-0.2, 0) is 12.8 Å². The molecule has 0 aromatic heterocycles. The molecule has 2 aliphatic rings. The van der Waals surface area contributed by atoms with Crippen LogP contribution in [0.25, 0.3) is 5.70 Å². The summed E-state index contributed by atoms with van der Waals surface area (Å²) in [4.78, 5) is 2.59. The van der Waals surface area contributed by atoms with Crippen LogP contribution in [0.15, 0.2) is 55.1 Å². The van der Waals surface area contributed by atoms with E-state index in [1.807, 2.05) is 0 Å². The summed E-state index contributed by atoms with van der Waals surface area (Å²) in [6.07, 6.45) is 13.1. The summed E-state index contributed by atoms with van der Waals surface area (Å²) in [5, 5.41) is 0. The molecule has 190 valence electrons. The van der Waals surface area contributed by atoms with E-state index >= 15 is 0 Å². The Labute approximate surface area is 216 Å². The van der Waals surface area contributed by atoms with Crippen LogP contribution in [0.1, 0.15) is 107 Å². The minimum Gasteiger partial charge on any atom is -0.371 e. The second-order valence-electron chi connectivity index (χ2n) is 11.9. The number of likely N-dealkylation sites (tertiary alicyclic amines) is 1. The van der Waals surface area contributed by atoms with E-state index in [1.165, 1.54) is 80.2 Å². The van der Waals surface area contributed by atoms with Crippen LogP contribution in [0.3, 0.4) is 0 Å². The first-order valence-electron chi connectivity index (χ1n) is 14.6. The quantitative estimate of drug-likeness (QED) is 0.352. The maximum absolute atomic E-state index is 4.60. The van der Waals surface area contributed by atoms with Gasteiger partial charge >= 0.3 is 0 Å². The van der Waals surface area contributed by atoms with Gasteiger partial charge in [-0.1, -0.05) is 96.0 Å². The van der Waals surface area contributed by atoms with Crippen LogP contribution in [0.4, 0.5) is 0 Å². The Balaban J connectivity index is 1.44. The third-order valence-electron chi connectivity index (χ3n) is 9.38. The van der Waals surface area contributed by atoms with E-state index in [-0.39, 0.29) is 0 Å². The third kappa shape index (κ3) is 6.22. The van der Waals surface area contributed by atoms with Crippen molar-refractivity contribution >= 4 is 5.70 Å². The standard InChI is InChI=1S/C34H49N/c1-6-12-28-22-33(30-13-10-9-11-14-30)25-34(24-28)17-19-35(20-18-34)27(5)31-15-16-32(21-26(4)7-2)29(8-3)23-31/h9-11,13-16,23,26,28,33H,5-8,12,17-22,24-25H2,1-4H3/t26-,28?,33?/m0/s1. The number of aryl methyl sites for hydroxylation is 1. The Morgan fingerprint density at radius 2 is 1.74 bits per heavy atom. The van der Waals surface area contributed by atoms with Crippen molar-refractivity contribution in [3.8, 4) is 0 Å². The lowest BCUT2D eigenvalue weighted by Crippen LogP contribution is -2.43. The highest BCUT2D eigenvalue weighted by Crippen LogP contribution is 2.53.